The number of hydrogen-bond acceptors (Lipinski definition) is 3. The zero-order chi connectivity index (χ0) is 12.4. The third-order valence-electron chi connectivity index (χ3n) is 2.98. The lowest BCUT2D eigenvalue weighted by Crippen LogP contribution is -2.00. The van der Waals surface area contributed by atoms with Crippen molar-refractivity contribution in [1.82, 2.24) is 9.97 Å². The van der Waals surface area contributed by atoms with E-state index in [2.05, 4.69) is 40.3 Å². The number of benzene rings is 2. The highest BCUT2D eigenvalue weighted by atomic mass is 14.8. The Hall–Kier alpha value is -2.26. The second-order valence-electron chi connectivity index (χ2n) is 4.16. The van der Waals surface area contributed by atoms with Gasteiger partial charge in [-0.1, -0.05) is 36.4 Å². The third kappa shape index (κ3) is 1.96. The van der Waals surface area contributed by atoms with Gasteiger partial charge in [0.2, 0.25) is 0 Å². The summed E-state index contributed by atoms with van der Waals surface area (Å²) in [5, 5.41) is 2.44. The second kappa shape index (κ2) is 4.55. The molecular formula is C15H13N3. The number of hydrogen-bond donors (Lipinski definition) is 1. The fourth-order valence-electron chi connectivity index (χ4n) is 2.02. The molecule has 0 radical (unpaired) electrons. The summed E-state index contributed by atoms with van der Waals surface area (Å²) in [4.78, 5) is 8.41. The first-order chi connectivity index (χ1) is 8.86. The van der Waals surface area contributed by atoms with E-state index in [-0.39, 0.29) is 0 Å². The van der Waals surface area contributed by atoms with Gasteiger partial charge in [0.1, 0.15) is 6.33 Å². The molecule has 0 unspecified atom stereocenters. The molecule has 0 saturated carbocycles. The zero-order valence-electron chi connectivity index (χ0n) is 9.88. The Morgan fingerprint density at radius 1 is 0.889 bits per heavy atom. The maximum atomic E-state index is 5.60. The van der Waals surface area contributed by atoms with Crippen LogP contribution in [0.5, 0.6) is 0 Å². The van der Waals surface area contributed by atoms with Crippen molar-refractivity contribution in [3.8, 4) is 11.3 Å². The number of aromatic nitrogens is 2. The molecular weight excluding hydrogens is 222 g/mol. The number of nitrogens with zero attached hydrogens (tertiary/aromatic N) is 2. The Morgan fingerprint density at radius 2 is 1.72 bits per heavy atom. The maximum Gasteiger partial charge on any atom is 0.116 e. The molecule has 0 aliphatic rings. The van der Waals surface area contributed by atoms with Crippen molar-refractivity contribution in [3.63, 3.8) is 0 Å². The molecule has 3 rings (SSSR count). The monoisotopic (exact) mass is 235 g/mol. The summed E-state index contributed by atoms with van der Waals surface area (Å²) < 4.78 is 0. The largest absolute Gasteiger partial charge is 0.325 e. The van der Waals surface area contributed by atoms with E-state index < -0.39 is 0 Å². The molecule has 0 atom stereocenters. The first kappa shape index (κ1) is 10.9. The predicted molar refractivity (Wildman–Crippen MR) is 72.9 cm³/mol. The molecule has 0 aliphatic heterocycles. The smallest absolute Gasteiger partial charge is 0.116 e. The van der Waals surface area contributed by atoms with Crippen LogP contribution in [0.2, 0.25) is 0 Å². The molecule has 88 valence electrons. The standard InChI is InChI=1S/C15H13N3/c16-9-14-8-15(18-10-17-14)13-6-5-11-3-1-2-4-12(11)7-13/h1-8,10H,9,16H2. The molecule has 0 amide bonds. The molecule has 1 heterocycles. The molecule has 3 nitrogen and oxygen atoms in total. The fraction of sp³-hybridized carbons (Fsp3) is 0.0667. The van der Waals surface area contributed by atoms with Crippen LogP contribution in [-0.2, 0) is 6.54 Å². The Bertz CT molecular complexity index is 692. The molecule has 3 heteroatoms. The molecule has 0 bridgehead atoms. The highest BCUT2D eigenvalue weighted by Crippen LogP contribution is 2.22. The molecule has 0 aliphatic carbocycles. The minimum atomic E-state index is 0.434. The quantitative estimate of drug-likeness (QED) is 0.743. The van der Waals surface area contributed by atoms with E-state index in [1.807, 2.05) is 18.2 Å². The number of nitrogens with two attached hydrogens (primary N) is 1. The summed E-state index contributed by atoms with van der Waals surface area (Å²) >= 11 is 0. The maximum absolute atomic E-state index is 5.60. The van der Waals surface area contributed by atoms with Gasteiger partial charge in [-0.2, -0.15) is 0 Å². The van der Waals surface area contributed by atoms with Gasteiger partial charge in [0.15, 0.2) is 0 Å². The van der Waals surface area contributed by atoms with Gasteiger partial charge >= 0.3 is 0 Å². The molecule has 0 saturated heterocycles. The van der Waals surface area contributed by atoms with Crippen LogP contribution in [0, 0.1) is 0 Å². The van der Waals surface area contributed by atoms with E-state index in [0.29, 0.717) is 6.54 Å². The van der Waals surface area contributed by atoms with Gasteiger partial charge < -0.3 is 5.73 Å². The highest BCUT2D eigenvalue weighted by Gasteiger charge is 2.02. The molecule has 3 aromatic rings. The van der Waals surface area contributed by atoms with Crippen molar-refractivity contribution in [3.05, 3.63) is 60.6 Å². The molecule has 0 fully saturated rings. The van der Waals surface area contributed by atoms with Crippen LogP contribution >= 0.6 is 0 Å². The summed E-state index contributed by atoms with van der Waals surface area (Å²) in [7, 11) is 0. The summed E-state index contributed by atoms with van der Waals surface area (Å²) in [6.45, 7) is 0.434. The normalized spacial score (nSPS) is 10.7. The van der Waals surface area contributed by atoms with Crippen molar-refractivity contribution in [2.75, 3.05) is 0 Å². The van der Waals surface area contributed by atoms with E-state index in [1.54, 1.807) is 6.33 Å². The van der Waals surface area contributed by atoms with Crippen LogP contribution in [0.15, 0.2) is 54.9 Å². The van der Waals surface area contributed by atoms with E-state index in [0.717, 1.165) is 17.0 Å². The van der Waals surface area contributed by atoms with Crippen LogP contribution in [0.4, 0.5) is 0 Å². The first-order valence-electron chi connectivity index (χ1n) is 5.87. The molecule has 18 heavy (non-hydrogen) atoms. The van der Waals surface area contributed by atoms with E-state index in [4.69, 9.17) is 5.73 Å². The van der Waals surface area contributed by atoms with Crippen LogP contribution in [0.1, 0.15) is 5.69 Å². The lowest BCUT2D eigenvalue weighted by molar-refractivity contribution is 0.966. The average molecular weight is 235 g/mol. The number of rotatable bonds is 2. The Morgan fingerprint density at radius 3 is 2.56 bits per heavy atom. The van der Waals surface area contributed by atoms with Gasteiger partial charge in [0.05, 0.1) is 11.4 Å². The Kier molecular flexibility index (Phi) is 2.74. The van der Waals surface area contributed by atoms with Crippen molar-refractivity contribution >= 4 is 10.8 Å². The van der Waals surface area contributed by atoms with E-state index in [9.17, 15) is 0 Å². The Labute approximate surface area is 105 Å². The van der Waals surface area contributed by atoms with Crippen LogP contribution < -0.4 is 5.73 Å². The van der Waals surface area contributed by atoms with Crippen LogP contribution in [0.25, 0.3) is 22.0 Å². The molecule has 2 aromatic carbocycles. The SMILES string of the molecule is NCc1cc(-c2ccc3ccccc3c2)ncn1. The fourth-order valence-corrected chi connectivity index (χ4v) is 2.02. The van der Waals surface area contributed by atoms with Crippen molar-refractivity contribution in [2.24, 2.45) is 5.73 Å². The lowest BCUT2D eigenvalue weighted by Gasteiger charge is -2.04. The van der Waals surface area contributed by atoms with Crippen molar-refractivity contribution in [1.29, 1.82) is 0 Å². The second-order valence-corrected chi connectivity index (χ2v) is 4.16. The summed E-state index contributed by atoms with van der Waals surface area (Å²) in [6, 6.07) is 16.5. The highest BCUT2D eigenvalue weighted by molar-refractivity contribution is 5.86. The average Bonchev–Trinajstić information content (AvgIpc) is 2.47. The Balaban J connectivity index is 2.13. The lowest BCUT2D eigenvalue weighted by atomic mass is 10.0. The minimum absolute atomic E-state index is 0.434. The van der Waals surface area contributed by atoms with Gasteiger partial charge in [-0.25, -0.2) is 9.97 Å². The summed E-state index contributed by atoms with van der Waals surface area (Å²) in [5.74, 6) is 0. The molecule has 2 N–H and O–H groups in total. The minimum Gasteiger partial charge on any atom is -0.325 e. The van der Waals surface area contributed by atoms with Crippen LogP contribution in [-0.4, -0.2) is 9.97 Å². The van der Waals surface area contributed by atoms with Gasteiger partial charge in [0.25, 0.3) is 0 Å². The van der Waals surface area contributed by atoms with Gasteiger partial charge in [-0.05, 0) is 22.9 Å². The van der Waals surface area contributed by atoms with E-state index >= 15 is 0 Å². The van der Waals surface area contributed by atoms with Crippen molar-refractivity contribution in [2.45, 2.75) is 6.54 Å². The topological polar surface area (TPSA) is 51.8 Å². The molecule has 0 spiro atoms. The zero-order valence-corrected chi connectivity index (χ0v) is 9.88. The predicted octanol–water partition coefficient (Wildman–Crippen LogP) is 2.76. The first-order valence-corrected chi connectivity index (χ1v) is 5.87. The third-order valence-corrected chi connectivity index (χ3v) is 2.98. The molecule has 1 aromatic heterocycles. The van der Waals surface area contributed by atoms with Gasteiger partial charge in [0, 0.05) is 12.1 Å². The number of fused-ring (bicyclic) bond motifs is 1. The summed E-state index contributed by atoms with van der Waals surface area (Å²) in [5.41, 5.74) is 8.45. The van der Waals surface area contributed by atoms with Crippen LogP contribution in [0.3, 0.4) is 0 Å². The van der Waals surface area contributed by atoms with E-state index in [1.165, 1.54) is 10.8 Å². The van der Waals surface area contributed by atoms with Gasteiger partial charge in [-0.3, -0.25) is 0 Å². The summed E-state index contributed by atoms with van der Waals surface area (Å²) in [6.07, 6.45) is 1.56. The van der Waals surface area contributed by atoms with Crippen molar-refractivity contribution < 1.29 is 0 Å². The van der Waals surface area contributed by atoms with Gasteiger partial charge in [-0.15, -0.1) is 0 Å².